The molecular weight excluding hydrogens is 244 g/mol. The minimum Gasteiger partial charge on any atom is -0.464 e. The van der Waals surface area contributed by atoms with Gasteiger partial charge in [-0.05, 0) is 37.3 Å². The molecule has 2 aliphatic rings. The van der Waals surface area contributed by atoms with Gasteiger partial charge in [0, 0.05) is 18.8 Å². The van der Waals surface area contributed by atoms with Gasteiger partial charge in [0.25, 0.3) is 5.91 Å². The molecular formula is C14H16N2O3. The molecule has 1 aromatic heterocycles. The van der Waals surface area contributed by atoms with E-state index < -0.39 is 5.97 Å². The summed E-state index contributed by atoms with van der Waals surface area (Å²) < 4.78 is 4.58. The minimum absolute atomic E-state index is 0.0242. The summed E-state index contributed by atoms with van der Waals surface area (Å²) in [6.07, 6.45) is 4.96. The van der Waals surface area contributed by atoms with Crippen LogP contribution in [0.4, 0.5) is 0 Å². The maximum absolute atomic E-state index is 12.4. The van der Waals surface area contributed by atoms with Gasteiger partial charge in [-0.1, -0.05) is 0 Å². The lowest BCUT2D eigenvalue weighted by molar-refractivity contribution is 0.0592. The fourth-order valence-corrected chi connectivity index (χ4v) is 3.08. The Morgan fingerprint density at radius 3 is 2.74 bits per heavy atom. The SMILES string of the molecule is COC(=O)c1ccc(C(=O)N2CC3CCC2C3)cn1. The number of fused-ring (bicyclic) bond motifs is 2. The van der Waals surface area contributed by atoms with Crippen LogP contribution in [0.1, 0.15) is 40.1 Å². The standard InChI is InChI=1S/C14H16N2O3/c1-19-14(18)12-5-3-10(7-15-12)13(17)16-8-9-2-4-11(16)6-9/h3,5,7,9,11H,2,4,6,8H2,1H3. The first-order valence-electron chi connectivity index (χ1n) is 6.54. The highest BCUT2D eigenvalue weighted by atomic mass is 16.5. The highest BCUT2D eigenvalue weighted by Gasteiger charge is 2.40. The zero-order valence-corrected chi connectivity index (χ0v) is 10.8. The van der Waals surface area contributed by atoms with Crippen LogP contribution in [0, 0.1) is 5.92 Å². The molecule has 2 atom stereocenters. The molecule has 1 aromatic rings. The number of methoxy groups -OCH3 is 1. The van der Waals surface area contributed by atoms with E-state index >= 15 is 0 Å². The second-order valence-electron chi connectivity index (χ2n) is 5.21. The number of carbonyl (C=O) groups excluding carboxylic acids is 2. The Morgan fingerprint density at radius 2 is 2.21 bits per heavy atom. The molecule has 5 nitrogen and oxygen atoms in total. The van der Waals surface area contributed by atoms with E-state index in [1.54, 1.807) is 6.07 Å². The van der Waals surface area contributed by atoms with Crippen molar-refractivity contribution < 1.29 is 14.3 Å². The lowest BCUT2D eigenvalue weighted by Gasteiger charge is -2.26. The van der Waals surface area contributed by atoms with Gasteiger partial charge in [0.05, 0.1) is 12.7 Å². The third kappa shape index (κ3) is 2.09. The molecule has 100 valence electrons. The van der Waals surface area contributed by atoms with Crippen molar-refractivity contribution in [2.45, 2.75) is 25.3 Å². The van der Waals surface area contributed by atoms with Crippen LogP contribution >= 0.6 is 0 Å². The minimum atomic E-state index is -0.487. The second-order valence-corrected chi connectivity index (χ2v) is 5.21. The van der Waals surface area contributed by atoms with Gasteiger partial charge in [0.15, 0.2) is 0 Å². The third-order valence-electron chi connectivity index (χ3n) is 4.08. The van der Waals surface area contributed by atoms with E-state index in [4.69, 9.17) is 0 Å². The molecule has 19 heavy (non-hydrogen) atoms. The Balaban J connectivity index is 1.75. The predicted octanol–water partition coefficient (Wildman–Crippen LogP) is 1.49. The predicted molar refractivity (Wildman–Crippen MR) is 67.7 cm³/mol. The normalized spacial score (nSPS) is 24.6. The Bertz CT molecular complexity index is 512. The number of ether oxygens (including phenoxy) is 1. The quantitative estimate of drug-likeness (QED) is 0.756. The molecule has 0 spiro atoms. The summed E-state index contributed by atoms with van der Waals surface area (Å²) in [7, 11) is 1.31. The number of aromatic nitrogens is 1. The van der Waals surface area contributed by atoms with Crippen LogP contribution in [0.3, 0.4) is 0 Å². The van der Waals surface area contributed by atoms with Crippen LogP contribution in [0.25, 0.3) is 0 Å². The molecule has 2 fully saturated rings. The van der Waals surface area contributed by atoms with Gasteiger partial charge >= 0.3 is 5.97 Å². The van der Waals surface area contributed by atoms with Crippen LogP contribution in [0.15, 0.2) is 18.3 Å². The van der Waals surface area contributed by atoms with E-state index in [0.717, 1.165) is 19.4 Å². The Kier molecular flexibility index (Phi) is 2.97. The molecule has 2 bridgehead atoms. The molecule has 0 radical (unpaired) electrons. The lowest BCUT2D eigenvalue weighted by Crippen LogP contribution is -2.37. The number of rotatable bonds is 2. The van der Waals surface area contributed by atoms with Gasteiger partial charge < -0.3 is 9.64 Å². The van der Waals surface area contributed by atoms with Crippen molar-refractivity contribution in [1.29, 1.82) is 0 Å². The van der Waals surface area contributed by atoms with Gasteiger partial charge in [0.1, 0.15) is 5.69 Å². The first kappa shape index (κ1) is 12.1. The third-order valence-corrected chi connectivity index (χ3v) is 4.08. The average molecular weight is 260 g/mol. The molecule has 1 amide bonds. The molecule has 1 saturated carbocycles. The Morgan fingerprint density at radius 1 is 1.37 bits per heavy atom. The van der Waals surface area contributed by atoms with Crippen molar-refractivity contribution in [3.8, 4) is 0 Å². The number of likely N-dealkylation sites (tertiary alicyclic amines) is 1. The lowest BCUT2D eigenvalue weighted by atomic mass is 10.1. The van der Waals surface area contributed by atoms with E-state index in [9.17, 15) is 9.59 Å². The highest BCUT2D eigenvalue weighted by Crippen LogP contribution is 2.37. The molecule has 0 aromatic carbocycles. The van der Waals surface area contributed by atoms with E-state index in [0.29, 0.717) is 17.5 Å². The van der Waals surface area contributed by atoms with Crippen LogP contribution in [0.2, 0.25) is 0 Å². The smallest absolute Gasteiger partial charge is 0.356 e. The van der Waals surface area contributed by atoms with Gasteiger partial charge in [-0.25, -0.2) is 9.78 Å². The number of esters is 1. The molecule has 1 aliphatic carbocycles. The van der Waals surface area contributed by atoms with Crippen molar-refractivity contribution in [3.63, 3.8) is 0 Å². The first-order valence-corrected chi connectivity index (χ1v) is 6.54. The summed E-state index contributed by atoms with van der Waals surface area (Å²) >= 11 is 0. The van der Waals surface area contributed by atoms with Crippen molar-refractivity contribution >= 4 is 11.9 Å². The number of amides is 1. The summed E-state index contributed by atoms with van der Waals surface area (Å²) in [6, 6.07) is 3.58. The summed E-state index contributed by atoms with van der Waals surface area (Å²) in [6.45, 7) is 0.863. The number of pyridine rings is 1. The number of hydrogen-bond donors (Lipinski definition) is 0. The van der Waals surface area contributed by atoms with Crippen molar-refractivity contribution in [2.75, 3.05) is 13.7 Å². The molecule has 0 N–H and O–H groups in total. The largest absolute Gasteiger partial charge is 0.464 e. The van der Waals surface area contributed by atoms with Crippen LogP contribution in [0.5, 0.6) is 0 Å². The zero-order valence-electron chi connectivity index (χ0n) is 10.8. The van der Waals surface area contributed by atoms with Gasteiger partial charge in [-0.15, -0.1) is 0 Å². The van der Waals surface area contributed by atoms with Gasteiger partial charge in [-0.2, -0.15) is 0 Å². The van der Waals surface area contributed by atoms with Crippen LogP contribution in [-0.4, -0.2) is 41.5 Å². The average Bonchev–Trinajstić information content (AvgIpc) is 3.08. The number of nitrogens with zero attached hydrogens (tertiary/aromatic N) is 2. The molecule has 1 saturated heterocycles. The summed E-state index contributed by atoms with van der Waals surface area (Å²) in [5, 5.41) is 0. The number of carbonyl (C=O) groups is 2. The summed E-state index contributed by atoms with van der Waals surface area (Å²) in [4.78, 5) is 29.6. The maximum Gasteiger partial charge on any atom is 0.356 e. The molecule has 2 heterocycles. The first-order chi connectivity index (χ1) is 9.19. The molecule has 5 heteroatoms. The van der Waals surface area contributed by atoms with Crippen molar-refractivity contribution in [3.05, 3.63) is 29.6 Å². The highest BCUT2D eigenvalue weighted by molar-refractivity contribution is 5.95. The maximum atomic E-state index is 12.4. The van der Waals surface area contributed by atoms with Crippen LogP contribution < -0.4 is 0 Å². The fourth-order valence-electron chi connectivity index (χ4n) is 3.08. The van der Waals surface area contributed by atoms with E-state index in [1.807, 2.05) is 4.90 Å². The zero-order chi connectivity index (χ0) is 13.4. The number of piperidine rings is 1. The van der Waals surface area contributed by atoms with E-state index in [1.165, 1.54) is 25.8 Å². The topological polar surface area (TPSA) is 59.5 Å². The monoisotopic (exact) mass is 260 g/mol. The molecule has 3 rings (SSSR count). The van der Waals surface area contributed by atoms with E-state index in [2.05, 4.69) is 9.72 Å². The van der Waals surface area contributed by atoms with Crippen molar-refractivity contribution in [1.82, 2.24) is 9.88 Å². The van der Waals surface area contributed by atoms with Crippen LogP contribution in [-0.2, 0) is 4.74 Å². The van der Waals surface area contributed by atoms with Gasteiger partial charge in [0.2, 0.25) is 0 Å². The summed E-state index contributed by atoms with van der Waals surface area (Å²) in [5.74, 6) is 0.214. The second kappa shape index (κ2) is 4.64. The molecule has 2 unspecified atom stereocenters. The Labute approximate surface area is 111 Å². The van der Waals surface area contributed by atoms with E-state index in [-0.39, 0.29) is 11.6 Å². The van der Waals surface area contributed by atoms with Crippen molar-refractivity contribution in [2.24, 2.45) is 5.92 Å². The Hall–Kier alpha value is -1.91. The molecule has 1 aliphatic heterocycles. The summed E-state index contributed by atoms with van der Waals surface area (Å²) in [5.41, 5.74) is 0.766. The number of hydrogen-bond acceptors (Lipinski definition) is 4. The fraction of sp³-hybridized carbons (Fsp3) is 0.500. The van der Waals surface area contributed by atoms with Gasteiger partial charge in [-0.3, -0.25) is 4.79 Å².